The van der Waals surface area contributed by atoms with Gasteiger partial charge >= 0.3 is 0 Å². The second-order valence-electron chi connectivity index (χ2n) is 4.09. The van der Waals surface area contributed by atoms with Crippen LogP contribution in [0.5, 0.6) is 0 Å². The van der Waals surface area contributed by atoms with Gasteiger partial charge in [-0.3, -0.25) is 4.79 Å². The standard InChI is InChI=1S/C13H16N4O/c1-2-10-4-3-5-11(6-10)13(18)9-17-8-12(7-14)15-16-17/h3-6,8H,2,7,9,14H2,1H3. The van der Waals surface area contributed by atoms with Gasteiger partial charge in [-0.05, 0) is 18.1 Å². The molecule has 0 spiro atoms. The van der Waals surface area contributed by atoms with E-state index in [4.69, 9.17) is 5.73 Å². The third-order valence-electron chi connectivity index (χ3n) is 2.76. The van der Waals surface area contributed by atoms with E-state index < -0.39 is 0 Å². The zero-order valence-electron chi connectivity index (χ0n) is 10.3. The Morgan fingerprint density at radius 1 is 1.44 bits per heavy atom. The zero-order valence-corrected chi connectivity index (χ0v) is 10.3. The predicted octanol–water partition coefficient (Wildman–Crippen LogP) is 1.18. The molecule has 2 N–H and O–H groups in total. The summed E-state index contributed by atoms with van der Waals surface area (Å²) in [6.45, 7) is 2.59. The van der Waals surface area contributed by atoms with Crippen LogP contribution in [0.1, 0.15) is 28.5 Å². The van der Waals surface area contributed by atoms with Gasteiger partial charge in [-0.25, -0.2) is 4.68 Å². The molecule has 0 bridgehead atoms. The van der Waals surface area contributed by atoms with Crippen molar-refractivity contribution in [2.75, 3.05) is 0 Å². The van der Waals surface area contributed by atoms with E-state index in [-0.39, 0.29) is 12.3 Å². The Labute approximate surface area is 106 Å². The Bertz CT molecular complexity index is 547. The summed E-state index contributed by atoms with van der Waals surface area (Å²) in [7, 11) is 0. The lowest BCUT2D eigenvalue weighted by Crippen LogP contribution is -2.11. The molecule has 0 amide bonds. The Balaban J connectivity index is 2.11. The van der Waals surface area contributed by atoms with Crippen molar-refractivity contribution in [1.82, 2.24) is 15.0 Å². The van der Waals surface area contributed by atoms with Gasteiger partial charge in [0.1, 0.15) is 6.54 Å². The van der Waals surface area contributed by atoms with E-state index in [1.807, 2.05) is 24.3 Å². The minimum atomic E-state index is 0.0266. The summed E-state index contributed by atoms with van der Waals surface area (Å²) < 4.78 is 1.52. The number of rotatable bonds is 5. The number of nitrogens with zero attached hydrogens (tertiary/aromatic N) is 3. The van der Waals surface area contributed by atoms with Crippen molar-refractivity contribution in [3.63, 3.8) is 0 Å². The van der Waals surface area contributed by atoms with Crippen LogP contribution in [-0.4, -0.2) is 20.8 Å². The summed E-state index contributed by atoms with van der Waals surface area (Å²) in [6, 6.07) is 7.66. The molecule has 0 aliphatic heterocycles. The van der Waals surface area contributed by atoms with Gasteiger partial charge in [0.25, 0.3) is 0 Å². The van der Waals surface area contributed by atoms with Crippen molar-refractivity contribution in [1.29, 1.82) is 0 Å². The smallest absolute Gasteiger partial charge is 0.184 e. The Kier molecular flexibility index (Phi) is 3.84. The number of hydrogen-bond donors (Lipinski definition) is 1. The first-order chi connectivity index (χ1) is 8.72. The molecule has 1 heterocycles. The summed E-state index contributed by atoms with van der Waals surface area (Å²) in [5, 5.41) is 7.71. The molecule has 0 aliphatic carbocycles. The molecule has 1 aromatic heterocycles. The second-order valence-corrected chi connectivity index (χ2v) is 4.09. The van der Waals surface area contributed by atoms with Gasteiger partial charge in [0, 0.05) is 12.1 Å². The molecule has 2 aromatic rings. The highest BCUT2D eigenvalue weighted by Gasteiger charge is 2.08. The van der Waals surface area contributed by atoms with E-state index in [2.05, 4.69) is 17.2 Å². The third kappa shape index (κ3) is 2.81. The predicted molar refractivity (Wildman–Crippen MR) is 68.1 cm³/mol. The molecular formula is C13H16N4O. The fraction of sp³-hybridized carbons (Fsp3) is 0.308. The first-order valence-corrected chi connectivity index (χ1v) is 5.94. The Morgan fingerprint density at radius 2 is 2.28 bits per heavy atom. The lowest BCUT2D eigenvalue weighted by molar-refractivity contribution is 0.0967. The van der Waals surface area contributed by atoms with Crippen LogP contribution in [0.3, 0.4) is 0 Å². The highest BCUT2D eigenvalue weighted by molar-refractivity contribution is 5.95. The summed E-state index contributed by atoms with van der Waals surface area (Å²) >= 11 is 0. The van der Waals surface area contributed by atoms with Crippen molar-refractivity contribution in [2.24, 2.45) is 5.73 Å². The monoisotopic (exact) mass is 244 g/mol. The number of benzene rings is 1. The topological polar surface area (TPSA) is 73.8 Å². The highest BCUT2D eigenvalue weighted by Crippen LogP contribution is 2.08. The maximum absolute atomic E-state index is 12.1. The van der Waals surface area contributed by atoms with Crippen molar-refractivity contribution >= 4 is 5.78 Å². The number of hydrogen-bond acceptors (Lipinski definition) is 4. The van der Waals surface area contributed by atoms with Gasteiger partial charge in [0.2, 0.25) is 0 Å². The second kappa shape index (κ2) is 5.55. The molecule has 5 heteroatoms. The Morgan fingerprint density at radius 3 is 2.94 bits per heavy atom. The molecule has 0 aliphatic rings. The van der Waals surface area contributed by atoms with E-state index in [1.54, 1.807) is 6.20 Å². The highest BCUT2D eigenvalue weighted by atomic mass is 16.1. The maximum atomic E-state index is 12.1. The first kappa shape index (κ1) is 12.4. The Hall–Kier alpha value is -2.01. The molecule has 5 nitrogen and oxygen atoms in total. The van der Waals surface area contributed by atoms with E-state index >= 15 is 0 Å². The minimum absolute atomic E-state index is 0.0266. The van der Waals surface area contributed by atoms with Crippen LogP contribution in [0, 0.1) is 0 Å². The number of aryl methyl sites for hydroxylation is 1. The molecule has 2 rings (SSSR count). The van der Waals surface area contributed by atoms with Crippen LogP contribution in [0.2, 0.25) is 0 Å². The molecule has 0 atom stereocenters. The third-order valence-corrected chi connectivity index (χ3v) is 2.76. The number of aromatic nitrogens is 3. The number of carbonyl (C=O) groups excluding carboxylic acids is 1. The van der Waals surface area contributed by atoms with Crippen molar-refractivity contribution in [2.45, 2.75) is 26.4 Å². The molecule has 0 fully saturated rings. The van der Waals surface area contributed by atoms with Crippen LogP contribution in [-0.2, 0) is 19.5 Å². The molecule has 0 radical (unpaired) electrons. The first-order valence-electron chi connectivity index (χ1n) is 5.94. The van der Waals surface area contributed by atoms with Crippen LogP contribution in [0.25, 0.3) is 0 Å². The van der Waals surface area contributed by atoms with Gasteiger partial charge < -0.3 is 5.73 Å². The zero-order chi connectivity index (χ0) is 13.0. The molecule has 94 valence electrons. The maximum Gasteiger partial charge on any atom is 0.184 e. The number of nitrogens with two attached hydrogens (primary N) is 1. The van der Waals surface area contributed by atoms with Gasteiger partial charge in [-0.1, -0.05) is 30.3 Å². The molecule has 0 unspecified atom stereocenters. The number of ketones is 1. The lowest BCUT2D eigenvalue weighted by Gasteiger charge is -2.03. The summed E-state index contributed by atoms with van der Waals surface area (Å²) in [5.41, 5.74) is 7.99. The van der Waals surface area contributed by atoms with Gasteiger partial charge in [0.15, 0.2) is 5.78 Å². The van der Waals surface area contributed by atoms with Crippen LogP contribution in [0.4, 0.5) is 0 Å². The molecule has 1 aromatic carbocycles. The fourth-order valence-electron chi connectivity index (χ4n) is 1.71. The van der Waals surface area contributed by atoms with Crippen LogP contribution < -0.4 is 5.73 Å². The quantitative estimate of drug-likeness (QED) is 0.801. The average Bonchev–Trinajstić information content (AvgIpc) is 2.86. The van der Waals surface area contributed by atoms with Crippen LogP contribution in [0.15, 0.2) is 30.5 Å². The normalized spacial score (nSPS) is 10.6. The molecule has 0 saturated carbocycles. The van der Waals surface area contributed by atoms with E-state index in [0.29, 0.717) is 17.8 Å². The largest absolute Gasteiger partial charge is 0.325 e. The summed E-state index contributed by atoms with van der Waals surface area (Å²) in [5.74, 6) is 0.0266. The van der Waals surface area contributed by atoms with Crippen LogP contribution >= 0.6 is 0 Å². The lowest BCUT2D eigenvalue weighted by atomic mass is 10.1. The SMILES string of the molecule is CCc1cccc(C(=O)Cn2cc(CN)nn2)c1. The molecule has 0 saturated heterocycles. The van der Waals surface area contributed by atoms with Crippen molar-refractivity contribution in [3.8, 4) is 0 Å². The molecular weight excluding hydrogens is 228 g/mol. The van der Waals surface area contributed by atoms with Gasteiger partial charge in [-0.2, -0.15) is 0 Å². The van der Waals surface area contributed by atoms with Gasteiger partial charge in [-0.15, -0.1) is 5.10 Å². The minimum Gasteiger partial charge on any atom is -0.325 e. The van der Waals surface area contributed by atoms with Gasteiger partial charge in [0.05, 0.1) is 11.9 Å². The number of Topliss-reactive ketones (excluding diaryl/α,β-unsaturated/α-hetero) is 1. The molecule has 18 heavy (non-hydrogen) atoms. The summed E-state index contributed by atoms with van der Waals surface area (Å²) in [6.07, 6.45) is 2.61. The average molecular weight is 244 g/mol. The fourth-order valence-corrected chi connectivity index (χ4v) is 1.71. The van der Waals surface area contributed by atoms with E-state index in [1.165, 1.54) is 4.68 Å². The van der Waals surface area contributed by atoms with E-state index in [0.717, 1.165) is 12.0 Å². The number of carbonyl (C=O) groups is 1. The van der Waals surface area contributed by atoms with Crippen molar-refractivity contribution in [3.05, 3.63) is 47.3 Å². The summed E-state index contributed by atoms with van der Waals surface area (Å²) in [4.78, 5) is 12.1. The van der Waals surface area contributed by atoms with Crippen molar-refractivity contribution < 1.29 is 4.79 Å². The van der Waals surface area contributed by atoms with E-state index in [9.17, 15) is 4.79 Å².